The number of primary amides is 1. The molecule has 0 spiro atoms. The van der Waals surface area contributed by atoms with Crippen molar-refractivity contribution < 1.29 is 13.2 Å². The average Bonchev–Trinajstić information content (AvgIpc) is 2.27. The number of hydrogen-bond donors (Lipinski definition) is 4. The maximum Gasteiger partial charge on any atom is 0.269 e. The fourth-order valence-corrected chi connectivity index (χ4v) is 2.18. The molecule has 0 aliphatic heterocycles. The van der Waals surface area contributed by atoms with E-state index in [9.17, 15) is 13.2 Å². The zero-order valence-electron chi connectivity index (χ0n) is 9.80. The lowest BCUT2D eigenvalue weighted by Crippen LogP contribution is -2.23. The van der Waals surface area contributed by atoms with Gasteiger partial charge in [-0.25, -0.2) is 13.4 Å². The van der Waals surface area contributed by atoms with Crippen LogP contribution < -0.4 is 21.5 Å². The molecule has 0 saturated heterocycles. The van der Waals surface area contributed by atoms with Gasteiger partial charge in [0.2, 0.25) is 10.0 Å². The molecule has 0 atom stereocenters. The van der Waals surface area contributed by atoms with Crippen LogP contribution in [0.5, 0.6) is 0 Å². The highest BCUT2D eigenvalue weighted by atomic mass is 32.2. The minimum atomic E-state index is -3.50. The SMILES string of the molecule is CNc1cc(NS(=O)(=O)CCN)cnc1C(N)=O. The van der Waals surface area contributed by atoms with E-state index in [1.54, 1.807) is 7.05 Å². The lowest BCUT2D eigenvalue weighted by Gasteiger charge is -2.10. The van der Waals surface area contributed by atoms with Crippen molar-refractivity contribution in [2.45, 2.75) is 0 Å². The van der Waals surface area contributed by atoms with Gasteiger partial charge in [0.25, 0.3) is 5.91 Å². The van der Waals surface area contributed by atoms with Gasteiger partial charge in [0.1, 0.15) is 0 Å². The Balaban J connectivity index is 3.03. The lowest BCUT2D eigenvalue weighted by molar-refractivity contribution is 0.0996. The van der Waals surface area contributed by atoms with Crippen LogP contribution in [-0.4, -0.2) is 38.7 Å². The fraction of sp³-hybridized carbons (Fsp3) is 0.333. The molecule has 1 heterocycles. The summed E-state index contributed by atoms with van der Waals surface area (Å²) < 4.78 is 25.3. The average molecular weight is 273 g/mol. The topological polar surface area (TPSA) is 140 Å². The van der Waals surface area contributed by atoms with Crippen LogP contribution in [0.15, 0.2) is 12.3 Å². The molecular weight excluding hydrogens is 258 g/mol. The number of carbonyl (C=O) groups is 1. The fourth-order valence-electron chi connectivity index (χ4n) is 1.29. The second-order valence-electron chi connectivity index (χ2n) is 3.44. The van der Waals surface area contributed by atoms with Crippen LogP contribution in [0.4, 0.5) is 11.4 Å². The van der Waals surface area contributed by atoms with Gasteiger partial charge in [0.15, 0.2) is 5.69 Å². The molecule has 18 heavy (non-hydrogen) atoms. The summed E-state index contributed by atoms with van der Waals surface area (Å²) in [5, 5.41) is 2.71. The molecule has 8 nitrogen and oxygen atoms in total. The molecule has 0 aliphatic rings. The van der Waals surface area contributed by atoms with Crippen LogP contribution in [0, 0.1) is 0 Å². The third kappa shape index (κ3) is 3.57. The number of amides is 1. The van der Waals surface area contributed by atoms with Gasteiger partial charge >= 0.3 is 0 Å². The molecule has 0 unspecified atom stereocenters. The highest BCUT2D eigenvalue weighted by Gasteiger charge is 2.13. The molecule has 1 aromatic rings. The summed E-state index contributed by atoms with van der Waals surface area (Å²) in [4.78, 5) is 14.8. The monoisotopic (exact) mass is 273 g/mol. The predicted octanol–water partition coefficient (Wildman–Crippen LogP) is -1.08. The van der Waals surface area contributed by atoms with Gasteiger partial charge in [-0.2, -0.15) is 0 Å². The number of nitrogens with zero attached hydrogens (tertiary/aromatic N) is 1. The van der Waals surface area contributed by atoms with Gasteiger partial charge in [0, 0.05) is 13.6 Å². The third-order valence-electron chi connectivity index (χ3n) is 2.05. The molecule has 0 aromatic carbocycles. The van der Waals surface area contributed by atoms with E-state index >= 15 is 0 Å². The second kappa shape index (κ2) is 5.65. The summed E-state index contributed by atoms with van der Waals surface area (Å²) in [5.74, 6) is -0.893. The summed E-state index contributed by atoms with van der Waals surface area (Å²) in [5.41, 5.74) is 10.9. The minimum absolute atomic E-state index is 0.0149. The number of anilines is 2. The maximum atomic E-state index is 11.5. The number of sulfonamides is 1. The molecule has 0 saturated carbocycles. The van der Waals surface area contributed by atoms with Crippen molar-refractivity contribution in [2.24, 2.45) is 11.5 Å². The summed E-state index contributed by atoms with van der Waals surface area (Å²) in [6.07, 6.45) is 1.22. The Bertz CT molecular complexity index is 543. The molecule has 0 fully saturated rings. The maximum absolute atomic E-state index is 11.5. The number of nitrogens with one attached hydrogen (secondary N) is 2. The molecule has 100 valence electrons. The Morgan fingerprint density at radius 1 is 1.50 bits per heavy atom. The lowest BCUT2D eigenvalue weighted by atomic mass is 10.2. The molecule has 0 aliphatic carbocycles. The van der Waals surface area contributed by atoms with Gasteiger partial charge in [-0.3, -0.25) is 9.52 Å². The van der Waals surface area contributed by atoms with Crippen molar-refractivity contribution in [1.29, 1.82) is 0 Å². The van der Waals surface area contributed by atoms with Crippen molar-refractivity contribution in [3.8, 4) is 0 Å². The van der Waals surface area contributed by atoms with Crippen molar-refractivity contribution >= 4 is 27.3 Å². The van der Waals surface area contributed by atoms with Gasteiger partial charge in [0.05, 0.1) is 23.3 Å². The smallest absolute Gasteiger partial charge is 0.269 e. The van der Waals surface area contributed by atoms with Crippen LogP contribution in [-0.2, 0) is 10.0 Å². The Kier molecular flexibility index (Phi) is 4.45. The first-order valence-corrected chi connectivity index (χ1v) is 6.73. The molecule has 6 N–H and O–H groups in total. The van der Waals surface area contributed by atoms with Gasteiger partial charge < -0.3 is 16.8 Å². The van der Waals surface area contributed by atoms with Gasteiger partial charge in [-0.05, 0) is 6.07 Å². The molecule has 1 rings (SSSR count). The Labute approximate surface area is 105 Å². The number of hydrogen-bond acceptors (Lipinski definition) is 6. The third-order valence-corrected chi connectivity index (χ3v) is 3.37. The Morgan fingerprint density at radius 3 is 2.67 bits per heavy atom. The van der Waals surface area contributed by atoms with E-state index in [-0.39, 0.29) is 23.7 Å². The number of aromatic nitrogens is 1. The van der Waals surface area contributed by atoms with E-state index in [0.29, 0.717) is 5.69 Å². The molecule has 0 radical (unpaired) electrons. The van der Waals surface area contributed by atoms with Gasteiger partial charge in [-0.15, -0.1) is 0 Å². The highest BCUT2D eigenvalue weighted by molar-refractivity contribution is 7.92. The van der Waals surface area contributed by atoms with Crippen molar-refractivity contribution in [2.75, 3.05) is 29.4 Å². The van der Waals surface area contributed by atoms with Gasteiger partial charge in [-0.1, -0.05) is 0 Å². The summed E-state index contributed by atoms with van der Waals surface area (Å²) in [6, 6.07) is 1.43. The standard InChI is InChI=1S/C9H15N5O3S/c1-12-7-4-6(5-13-8(7)9(11)15)14-18(16,17)3-2-10/h4-5,12,14H,2-3,10H2,1H3,(H2,11,15). The number of rotatable bonds is 6. The molecule has 9 heteroatoms. The van der Waals surface area contributed by atoms with E-state index in [2.05, 4.69) is 15.0 Å². The predicted molar refractivity (Wildman–Crippen MR) is 68.8 cm³/mol. The number of pyridine rings is 1. The quantitative estimate of drug-likeness (QED) is 0.520. The van der Waals surface area contributed by atoms with Crippen LogP contribution in [0.2, 0.25) is 0 Å². The number of nitrogens with two attached hydrogens (primary N) is 2. The summed E-state index contributed by atoms with van der Waals surface area (Å²) in [6.45, 7) is 0.0149. The number of carbonyl (C=O) groups excluding carboxylic acids is 1. The zero-order valence-corrected chi connectivity index (χ0v) is 10.6. The largest absolute Gasteiger partial charge is 0.386 e. The summed E-state index contributed by atoms with van der Waals surface area (Å²) >= 11 is 0. The molecule has 0 bridgehead atoms. The van der Waals surface area contributed by atoms with E-state index < -0.39 is 15.9 Å². The van der Waals surface area contributed by atoms with Crippen LogP contribution in [0.25, 0.3) is 0 Å². The van der Waals surface area contributed by atoms with Crippen molar-refractivity contribution in [3.63, 3.8) is 0 Å². The highest BCUT2D eigenvalue weighted by Crippen LogP contribution is 2.18. The molecular formula is C9H15N5O3S. The van der Waals surface area contributed by atoms with E-state index in [1.807, 2.05) is 0 Å². The summed E-state index contributed by atoms with van der Waals surface area (Å²) in [7, 11) is -1.93. The van der Waals surface area contributed by atoms with E-state index in [1.165, 1.54) is 12.3 Å². The Morgan fingerprint density at radius 2 is 2.17 bits per heavy atom. The van der Waals surface area contributed by atoms with Crippen molar-refractivity contribution in [1.82, 2.24) is 4.98 Å². The first-order chi connectivity index (χ1) is 8.39. The first-order valence-electron chi connectivity index (χ1n) is 5.08. The normalized spacial score (nSPS) is 11.0. The van der Waals surface area contributed by atoms with Crippen molar-refractivity contribution in [3.05, 3.63) is 18.0 Å². The molecule has 1 aromatic heterocycles. The second-order valence-corrected chi connectivity index (χ2v) is 5.29. The zero-order chi connectivity index (χ0) is 13.8. The van der Waals surface area contributed by atoms with E-state index in [4.69, 9.17) is 11.5 Å². The van der Waals surface area contributed by atoms with Crippen LogP contribution >= 0.6 is 0 Å². The minimum Gasteiger partial charge on any atom is -0.386 e. The van der Waals surface area contributed by atoms with E-state index in [0.717, 1.165) is 0 Å². The first kappa shape index (κ1) is 14.2. The Hall–Kier alpha value is -1.87. The molecule has 1 amide bonds. The van der Waals surface area contributed by atoms with Crippen LogP contribution in [0.1, 0.15) is 10.5 Å². The van der Waals surface area contributed by atoms with Crippen LogP contribution in [0.3, 0.4) is 0 Å².